The van der Waals surface area contributed by atoms with Gasteiger partial charge in [-0.1, -0.05) is 48.2 Å². The maximum Gasteiger partial charge on any atom is 0.270 e. The predicted molar refractivity (Wildman–Crippen MR) is 121 cm³/mol. The maximum atomic E-state index is 13.1. The van der Waals surface area contributed by atoms with Gasteiger partial charge >= 0.3 is 0 Å². The van der Waals surface area contributed by atoms with Crippen LogP contribution in [0.3, 0.4) is 0 Å². The van der Waals surface area contributed by atoms with Crippen molar-refractivity contribution >= 4 is 68.6 Å². The van der Waals surface area contributed by atoms with Crippen LogP contribution in [0.25, 0.3) is 17.0 Å². The molecule has 1 aliphatic rings. The molecule has 0 unspecified atom stereocenters. The summed E-state index contributed by atoms with van der Waals surface area (Å²) in [6, 6.07) is 16.2. The minimum absolute atomic E-state index is 0.0587. The second-order valence-corrected chi connectivity index (χ2v) is 8.66. The van der Waals surface area contributed by atoms with E-state index in [1.54, 1.807) is 16.7 Å². The molecule has 3 aromatic rings. The fourth-order valence-corrected chi connectivity index (χ4v) is 4.98. The molecular weight excluding hydrogens is 392 g/mol. The molecule has 3 nitrogen and oxygen atoms in total. The van der Waals surface area contributed by atoms with Crippen LogP contribution in [0, 0.1) is 0 Å². The van der Waals surface area contributed by atoms with Crippen molar-refractivity contribution in [2.75, 3.05) is 11.2 Å². The van der Waals surface area contributed by atoms with Gasteiger partial charge in [-0.05, 0) is 43.5 Å². The highest BCUT2D eigenvalue weighted by Crippen LogP contribution is 2.38. The van der Waals surface area contributed by atoms with E-state index < -0.39 is 0 Å². The molecule has 0 radical (unpaired) electrons. The number of benzene rings is 2. The Hall–Kier alpha value is -2.02. The summed E-state index contributed by atoms with van der Waals surface area (Å²) in [4.78, 5) is 16.5. The molecule has 0 spiro atoms. The lowest BCUT2D eigenvalue weighted by atomic mass is 10.1. The smallest absolute Gasteiger partial charge is 0.270 e. The van der Waals surface area contributed by atoms with Gasteiger partial charge in [-0.3, -0.25) is 9.69 Å². The lowest BCUT2D eigenvalue weighted by molar-refractivity contribution is -0.113. The summed E-state index contributed by atoms with van der Waals surface area (Å²) < 4.78 is 2.77. The van der Waals surface area contributed by atoms with Crippen LogP contribution in [-0.4, -0.2) is 21.1 Å². The normalized spacial score (nSPS) is 16.1. The van der Waals surface area contributed by atoms with E-state index in [2.05, 4.69) is 29.8 Å². The number of carbonyl (C=O) groups is 1. The fourth-order valence-electron chi connectivity index (χ4n) is 3.23. The second-order valence-electron chi connectivity index (χ2n) is 6.11. The number of aromatic nitrogens is 1. The Morgan fingerprint density at radius 2 is 2.00 bits per heavy atom. The molecule has 0 saturated carbocycles. The number of thiocarbonyl (C=S) groups is 1. The van der Waals surface area contributed by atoms with E-state index in [1.165, 1.54) is 17.3 Å². The second kappa shape index (κ2) is 7.54. The monoisotopic (exact) mass is 410 g/mol. The van der Waals surface area contributed by atoms with Crippen molar-refractivity contribution in [3.63, 3.8) is 0 Å². The fraction of sp³-hybridized carbons (Fsp3) is 0.143. The number of hydrogen-bond acceptors (Lipinski definition) is 4. The first-order valence-corrected chi connectivity index (χ1v) is 11.1. The van der Waals surface area contributed by atoms with Crippen molar-refractivity contribution in [2.45, 2.75) is 18.4 Å². The van der Waals surface area contributed by atoms with E-state index in [0.717, 1.165) is 28.1 Å². The molecule has 1 fully saturated rings. The van der Waals surface area contributed by atoms with Crippen molar-refractivity contribution in [3.05, 3.63) is 65.2 Å². The molecule has 1 aromatic heterocycles. The van der Waals surface area contributed by atoms with Crippen molar-refractivity contribution < 1.29 is 4.79 Å². The molecular formula is C21H18N2OS3. The Balaban J connectivity index is 1.74. The Labute approximate surface area is 172 Å². The molecule has 0 bridgehead atoms. The predicted octanol–water partition coefficient (Wildman–Crippen LogP) is 5.79. The quantitative estimate of drug-likeness (QED) is 0.309. The lowest BCUT2D eigenvalue weighted by Gasteiger charge is -2.15. The summed E-state index contributed by atoms with van der Waals surface area (Å²) in [5.41, 5.74) is 3.05. The van der Waals surface area contributed by atoms with Gasteiger partial charge in [-0.15, -0.1) is 11.8 Å². The van der Waals surface area contributed by atoms with Crippen LogP contribution >= 0.6 is 35.7 Å². The van der Waals surface area contributed by atoms with Crippen molar-refractivity contribution in [3.8, 4) is 0 Å². The highest BCUT2D eigenvalue weighted by Gasteiger charge is 2.33. The van der Waals surface area contributed by atoms with E-state index in [4.69, 9.17) is 12.2 Å². The van der Waals surface area contributed by atoms with Crippen molar-refractivity contribution in [1.82, 2.24) is 4.57 Å². The molecule has 1 aliphatic heterocycles. The van der Waals surface area contributed by atoms with Crippen LogP contribution in [0.15, 0.2) is 64.5 Å². The number of carbonyl (C=O) groups excluding carboxylic acids is 1. The Bertz CT molecular complexity index is 1080. The molecule has 1 amide bonds. The van der Waals surface area contributed by atoms with E-state index in [-0.39, 0.29) is 5.91 Å². The zero-order valence-corrected chi connectivity index (χ0v) is 17.5. The van der Waals surface area contributed by atoms with E-state index in [9.17, 15) is 4.79 Å². The SMILES string of the molecule is CCn1cc(/C=C2\SC(=S)N(c3cccc(SC)c3)C2=O)c2ccccc21. The van der Waals surface area contributed by atoms with Crippen molar-refractivity contribution in [1.29, 1.82) is 0 Å². The summed E-state index contributed by atoms with van der Waals surface area (Å²) >= 11 is 8.52. The average molecular weight is 411 g/mol. The molecule has 6 heteroatoms. The Morgan fingerprint density at radius 1 is 1.19 bits per heavy atom. The maximum absolute atomic E-state index is 13.1. The van der Waals surface area contributed by atoms with Gasteiger partial charge in [-0.2, -0.15) is 0 Å². The highest BCUT2D eigenvalue weighted by atomic mass is 32.2. The number of amides is 1. The third kappa shape index (κ3) is 3.33. The van der Waals surface area contributed by atoms with E-state index >= 15 is 0 Å². The molecule has 2 heterocycles. The van der Waals surface area contributed by atoms with E-state index in [1.807, 2.05) is 48.7 Å². The molecule has 1 saturated heterocycles. The van der Waals surface area contributed by atoms with Gasteiger partial charge in [0.25, 0.3) is 5.91 Å². The summed E-state index contributed by atoms with van der Waals surface area (Å²) in [5, 5.41) is 1.15. The number of nitrogens with zero attached hydrogens (tertiary/aromatic N) is 2. The van der Waals surface area contributed by atoms with Crippen LogP contribution in [0.5, 0.6) is 0 Å². The third-order valence-electron chi connectivity index (χ3n) is 4.55. The van der Waals surface area contributed by atoms with E-state index in [0.29, 0.717) is 9.23 Å². The van der Waals surface area contributed by atoms with Crippen LogP contribution < -0.4 is 4.90 Å². The van der Waals surface area contributed by atoms with Gasteiger partial charge in [0.15, 0.2) is 4.32 Å². The zero-order valence-electron chi connectivity index (χ0n) is 15.0. The number of anilines is 1. The van der Waals surface area contributed by atoms with Crippen LogP contribution in [-0.2, 0) is 11.3 Å². The Morgan fingerprint density at radius 3 is 2.78 bits per heavy atom. The van der Waals surface area contributed by atoms with Gasteiger partial charge in [0.1, 0.15) is 0 Å². The van der Waals surface area contributed by atoms with Crippen LogP contribution in [0.2, 0.25) is 0 Å². The molecule has 136 valence electrons. The summed E-state index contributed by atoms with van der Waals surface area (Å²) in [6.45, 7) is 3.01. The highest BCUT2D eigenvalue weighted by molar-refractivity contribution is 8.27. The Kier molecular flexibility index (Phi) is 5.12. The molecule has 27 heavy (non-hydrogen) atoms. The number of thioether (sulfide) groups is 2. The van der Waals surface area contributed by atoms with Crippen LogP contribution in [0.4, 0.5) is 5.69 Å². The molecule has 0 aliphatic carbocycles. The van der Waals surface area contributed by atoms with Gasteiger partial charge in [0, 0.05) is 34.1 Å². The summed E-state index contributed by atoms with van der Waals surface area (Å²) in [6.07, 6.45) is 6.09. The van der Waals surface area contributed by atoms with Crippen molar-refractivity contribution in [2.24, 2.45) is 0 Å². The topological polar surface area (TPSA) is 25.2 Å². The summed E-state index contributed by atoms with van der Waals surface area (Å²) in [5.74, 6) is -0.0587. The lowest BCUT2D eigenvalue weighted by Crippen LogP contribution is -2.27. The number of para-hydroxylation sites is 1. The minimum Gasteiger partial charge on any atom is -0.347 e. The van der Waals surface area contributed by atoms with Gasteiger partial charge in [-0.25, -0.2) is 0 Å². The zero-order chi connectivity index (χ0) is 19.0. The first-order chi connectivity index (χ1) is 13.1. The minimum atomic E-state index is -0.0587. The van der Waals surface area contributed by atoms with Gasteiger partial charge < -0.3 is 4.57 Å². The average Bonchev–Trinajstić information content (AvgIpc) is 3.19. The molecule has 0 N–H and O–H groups in total. The first-order valence-electron chi connectivity index (χ1n) is 8.62. The standard InChI is InChI=1S/C21H18N2OS3/c1-3-22-13-14(17-9-4-5-10-18(17)22)11-19-20(24)23(21(25)27-19)15-7-6-8-16(12-15)26-2/h4-13H,3H2,1-2H3/b19-11-. The molecule has 2 aromatic carbocycles. The summed E-state index contributed by atoms with van der Waals surface area (Å²) in [7, 11) is 0. The number of aryl methyl sites for hydroxylation is 1. The molecule has 4 rings (SSSR count). The van der Waals surface area contributed by atoms with Gasteiger partial charge in [0.2, 0.25) is 0 Å². The number of rotatable bonds is 4. The van der Waals surface area contributed by atoms with Gasteiger partial charge in [0.05, 0.1) is 10.6 Å². The first kappa shape index (κ1) is 18.3. The number of fused-ring (bicyclic) bond motifs is 1. The third-order valence-corrected chi connectivity index (χ3v) is 6.58. The number of hydrogen-bond donors (Lipinski definition) is 0. The molecule has 0 atom stereocenters. The largest absolute Gasteiger partial charge is 0.347 e. The van der Waals surface area contributed by atoms with Crippen LogP contribution in [0.1, 0.15) is 12.5 Å².